The maximum atomic E-state index is 12.0. The lowest BCUT2D eigenvalue weighted by Crippen LogP contribution is -2.17. The van der Waals surface area contributed by atoms with Crippen LogP contribution in [0.15, 0.2) is 59.7 Å². The van der Waals surface area contributed by atoms with Gasteiger partial charge in [-0.1, -0.05) is 114 Å². The van der Waals surface area contributed by atoms with E-state index in [1.807, 2.05) is 54.6 Å². The number of benzene rings is 2. The van der Waals surface area contributed by atoms with E-state index in [4.69, 9.17) is 4.74 Å². The highest BCUT2D eigenvalue weighted by atomic mass is 16.5. The van der Waals surface area contributed by atoms with Crippen LogP contribution in [0.4, 0.5) is 0 Å². The van der Waals surface area contributed by atoms with E-state index < -0.39 is 0 Å². The molecular weight excluding hydrogens is 396 g/mol. The Morgan fingerprint density at radius 2 is 1.41 bits per heavy atom. The van der Waals surface area contributed by atoms with Crippen molar-refractivity contribution < 1.29 is 9.53 Å². The first kappa shape index (κ1) is 25.6. The third kappa shape index (κ3) is 11.7. The van der Waals surface area contributed by atoms with Crippen LogP contribution >= 0.6 is 0 Å². The Hall–Kier alpha value is -2.62. The van der Waals surface area contributed by atoms with Crippen molar-refractivity contribution in [2.24, 2.45) is 5.10 Å². The van der Waals surface area contributed by atoms with Gasteiger partial charge in [0.1, 0.15) is 12.4 Å². The second-order valence-electron chi connectivity index (χ2n) is 8.39. The molecule has 0 saturated heterocycles. The van der Waals surface area contributed by atoms with Gasteiger partial charge in [0.05, 0.1) is 6.21 Å². The van der Waals surface area contributed by atoms with Crippen LogP contribution in [-0.4, -0.2) is 12.1 Å². The number of nitrogens with zero attached hydrogens (tertiary/aromatic N) is 1. The van der Waals surface area contributed by atoms with Gasteiger partial charge in [-0.25, -0.2) is 5.43 Å². The summed E-state index contributed by atoms with van der Waals surface area (Å²) in [4.78, 5) is 12.0. The Morgan fingerprint density at radius 3 is 2.09 bits per heavy atom. The van der Waals surface area contributed by atoms with Crippen LogP contribution in [0, 0.1) is 0 Å². The molecule has 0 radical (unpaired) electrons. The van der Waals surface area contributed by atoms with Crippen molar-refractivity contribution in [2.45, 2.75) is 90.6 Å². The number of ether oxygens (including phenoxy) is 1. The first-order valence-corrected chi connectivity index (χ1v) is 12.4. The molecule has 0 atom stereocenters. The number of hydrogen-bond acceptors (Lipinski definition) is 3. The van der Waals surface area contributed by atoms with E-state index in [0.717, 1.165) is 29.7 Å². The summed E-state index contributed by atoms with van der Waals surface area (Å²) in [6.07, 6.45) is 16.3. The summed E-state index contributed by atoms with van der Waals surface area (Å²) in [7, 11) is 0. The van der Waals surface area contributed by atoms with Crippen molar-refractivity contribution in [2.75, 3.05) is 0 Å². The third-order valence-corrected chi connectivity index (χ3v) is 5.56. The van der Waals surface area contributed by atoms with Gasteiger partial charge in [0.15, 0.2) is 0 Å². The average molecular weight is 437 g/mol. The number of para-hydroxylation sites is 1. The minimum absolute atomic E-state index is 0.0279. The number of nitrogens with one attached hydrogen (secondary N) is 1. The highest BCUT2D eigenvalue weighted by Crippen LogP contribution is 2.17. The molecule has 32 heavy (non-hydrogen) atoms. The number of hydrazone groups is 1. The molecule has 0 spiro atoms. The zero-order valence-corrected chi connectivity index (χ0v) is 19.7. The molecule has 2 aromatic carbocycles. The standard InChI is InChI=1S/C28H40N2O2/c1-2-3-4-5-6-7-8-9-10-11-15-22-28(31)30-29-23-26-20-16-17-21-27(26)32-24-25-18-13-12-14-19-25/h12-14,16-21,23H,2-11,15,22,24H2,1H3,(H,30,31)/b29-23-. The minimum Gasteiger partial charge on any atom is -0.488 e. The van der Waals surface area contributed by atoms with Gasteiger partial charge in [0.2, 0.25) is 5.91 Å². The van der Waals surface area contributed by atoms with Gasteiger partial charge in [0.25, 0.3) is 0 Å². The molecule has 174 valence electrons. The molecule has 2 aromatic rings. The van der Waals surface area contributed by atoms with E-state index in [0.29, 0.717) is 13.0 Å². The summed E-state index contributed by atoms with van der Waals surface area (Å²) < 4.78 is 5.92. The van der Waals surface area contributed by atoms with Crippen LogP contribution in [0.1, 0.15) is 95.1 Å². The van der Waals surface area contributed by atoms with Gasteiger partial charge >= 0.3 is 0 Å². The largest absolute Gasteiger partial charge is 0.488 e. The lowest BCUT2D eigenvalue weighted by molar-refractivity contribution is -0.121. The average Bonchev–Trinajstić information content (AvgIpc) is 2.82. The maximum absolute atomic E-state index is 12.0. The Kier molecular flexibility index (Phi) is 13.6. The molecule has 0 bridgehead atoms. The van der Waals surface area contributed by atoms with Crippen LogP contribution in [0.3, 0.4) is 0 Å². The van der Waals surface area contributed by atoms with Crippen molar-refractivity contribution in [1.82, 2.24) is 5.43 Å². The van der Waals surface area contributed by atoms with Crippen molar-refractivity contribution in [3.8, 4) is 5.75 Å². The van der Waals surface area contributed by atoms with Crippen LogP contribution in [0.5, 0.6) is 5.75 Å². The molecule has 4 nitrogen and oxygen atoms in total. The van der Waals surface area contributed by atoms with Gasteiger partial charge in [-0.2, -0.15) is 5.10 Å². The summed E-state index contributed by atoms with van der Waals surface area (Å²) in [6, 6.07) is 17.8. The van der Waals surface area contributed by atoms with Gasteiger partial charge in [-0.05, 0) is 24.1 Å². The third-order valence-electron chi connectivity index (χ3n) is 5.56. The highest BCUT2D eigenvalue weighted by Gasteiger charge is 2.03. The molecule has 1 N–H and O–H groups in total. The van der Waals surface area contributed by atoms with Gasteiger partial charge < -0.3 is 4.74 Å². The number of unbranched alkanes of at least 4 members (excludes halogenated alkanes) is 10. The lowest BCUT2D eigenvalue weighted by atomic mass is 10.1. The highest BCUT2D eigenvalue weighted by molar-refractivity contribution is 5.85. The second kappa shape index (κ2) is 17.0. The maximum Gasteiger partial charge on any atom is 0.240 e. The Balaban J connectivity index is 1.56. The number of carbonyl (C=O) groups excluding carboxylic acids is 1. The summed E-state index contributed by atoms with van der Waals surface area (Å²) >= 11 is 0. The van der Waals surface area contributed by atoms with Crippen LogP contribution in [0.2, 0.25) is 0 Å². The fraction of sp³-hybridized carbons (Fsp3) is 0.500. The van der Waals surface area contributed by atoms with Crippen LogP contribution in [-0.2, 0) is 11.4 Å². The van der Waals surface area contributed by atoms with E-state index >= 15 is 0 Å². The van der Waals surface area contributed by atoms with Gasteiger partial charge in [-0.3, -0.25) is 4.79 Å². The molecule has 0 aromatic heterocycles. The molecule has 2 rings (SSSR count). The van der Waals surface area contributed by atoms with Gasteiger partial charge in [0, 0.05) is 12.0 Å². The SMILES string of the molecule is CCCCCCCCCCCCCC(=O)N/N=C\c1ccccc1OCc1ccccc1. The zero-order chi connectivity index (χ0) is 22.7. The Labute approximate surface area is 194 Å². The Morgan fingerprint density at radius 1 is 0.812 bits per heavy atom. The molecule has 0 heterocycles. The van der Waals surface area contributed by atoms with E-state index in [-0.39, 0.29) is 5.91 Å². The normalized spacial score (nSPS) is 11.0. The van der Waals surface area contributed by atoms with E-state index in [1.54, 1.807) is 6.21 Å². The topological polar surface area (TPSA) is 50.7 Å². The minimum atomic E-state index is -0.0279. The van der Waals surface area contributed by atoms with E-state index in [2.05, 4.69) is 17.5 Å². The summed E-state index contributed by atoms with van der Waals surface area (Å²) in [5, 5.41) is 4.12. The molecule has 0 saturated carbocycles. The summed E-state index contributed by atoms with van der Waals surface area (Å²) in [5.41, 5.74) is 4.60. The second-order valence-corrected chi connectivity index (χ2v) is 8.39. The molecule has 4 heteroatoms. The first-order chi connectivity index (χ1) is 15.8. The summed E-state index contributed by atoms with van der Waals surface area (Å²) in [6.45, 7) is 2.76. The predicted molar refractivity (Wildman–Crippen MR) is 134 cm³/mol. The number of rotatable bonds is 17. The van der Waals surface area contributed by atoms with Crippen molar-refractivity contribution >= 4 is 12.1 Å². The number of amides is 1. The lowest BCUT2D eigenvalue weighted by Gasteiger charge is -2.09. The van der Waals surface area contributed by atoms with Crippen molar-refractivity contribution in [3.63, 3.8) is 0 Å². The molecule has 1 amide bonds. The number of hydrogen-bond donors (Lipinski definition) is 1. The molecule has 0 aliphatic rings. The van der Waals surface area contributed by atoms with E-state index in [1.165, 1.54) is 57.8 Å². The van der Waals surface area contributed by atoms with Crippen molar-refractivity contribution in [3.05, 3.63) is 65.7 Å². The zero-order valence-electron chi connectivity index (χ0n) is 19.7. The van der Waals surface area contributed by atoms with Gasteiger partial charge in [-0.15, -0.1) is 0 Å². The first-order valence-electron chi connectivity index (χ1n) is 12.4. The van der Waals surface area contributed by atoms with Crippen LogP contribution < -0.4 is 10.2 Å². The fourth-order valence-electron chi connectivity index (χ4n) is 3.63. The molecule has 0 aliphatic carbocycles. The smallest absolute Gasteiger partial charge is 0.240 e. The molecule has 0 fully saturated rings. The monoisotopic (exact) mass is 436 g/mol. The van der Waals surface area contributed by atoms with Crippen LogP contribution in [0.25, 0.3) is 0 Å². The quantitative estimate of drug-likeness (QED) is 0.159. The number of carbonyl (C=O) groups is 1. The molecular formula is C28H40N2O2. The molecule has 0 unspecified atom stereocenters. The molecule has 0 aliphatic heterocycles. The van der Waals surface area contributed by atoms with Crippen molar-refractivity contribution in [1.29, 1.82) is 0 Å². The Bertz CT molecular complexity index is 774. The summed E-state index contributed by atoms with van der Waals surface area (Å²) in [5.74, 6) is 0.722. The fourth-order valence-corrected chi connectivity index (χ4v) is 3.63. The predicted octanol–water partition coefficient (Wildman–Crippen LogP) is 7.42. The van der Waals surface area contributed by atoms with E-state index in [9.17, 15) is 4.79 Å².